The Morgan fingerprint density at radius 3 is 1.94 bits per heavy atom. The zero-order valence-corrected chi connectivity index (χ0v) is 20.0. The minimum atomic E-state index is 0.483. The maximum Gasteiger partial charge on any atom is 0.106 e. The van der Waals surface area contributed by atoms with E-state index in [9.17, 15) is 0 Å². The van der Waals surface area contributed by atoms with E-state index in [1.54, 1.807) is 0 Å². The van der Waals surface area contributed by atoms with Crippen molar-refractivity contribution in [1.82, 2.24) is 9.55 Å². The maximum atomic E-state index is 4.19. The van der Waals surface area contributed by atoms with Gasteiger partial charge in [0.25, 0.3) is 0 Å². The average Bonchev–Trinajstić information content (AvgIpc) is 3.30. The van der Waals surface area contributed by atoms with Crippen molar-refractivity contribution in [3.8, 4) is 5.69 Å². The van der Waals surface area contributed by atoms with Gasteiger partial charge >= 0.3 is 0 Å². The lowest BCUT2D eigenvalue weighted by molar-refractivity contribution is 0.787. The van der Waals surface area contributed by atoms with E-state index in [4.69, 9.17) is 0 Å². The van der Waals surface area contributed by atoms with Crippen LogP contribution in [0.25, 0.3) is 11.3 Å². The number of halogens is 1. The van der Waals surface area contributed by atoms with E-state index < -0.39 is 0 Å². The SMILES string of the molecule is BCC=C(c1ccccc1)c1ccccc1.CC(C)c1cncn1-c1ccc(Br)cc1. The van der Waals surface area contributed by atoms with Crippen LogP contribution in [0.2, 0.25) is 6.32 Å². The summed E-state index contributed by atoms with van der Waals surface area (Å²) in [5.41, 5.74) is 6.28. The molecule has 0 saturated carbocycles. The molecule has 0 saturated heterocycles. The van der Waals surface area contributed by atoms with Gasteiger partial charge in [-0.15, -0.1) is 0 Å². The molecule has 1 aromatic heterocycles. The van der Waals surface area contributed by atoms with Gasteiger partial charge in [0, 0.05) is 22.1 Å². The molecule has 0 N–H and O–H groups in total. The van der Waals surface area contributed by atoms with Crippen molar-refractivity contribution >= 4 is 29.3 Å². The lowest BCUT2D eigenvalue weighted by Gasteiger charge is -2.10. The van der Waals surface area contributed by atoms with Gasteiger partial charge in [0.05, 0.1) is 6.33 Å². The summed E-state index contributed by atoms with van der Waals surface area (Å²) in [7, 11) is 2.17. The normalized spacial score (nSPS) is 10.3. The third-order valence-electron chi connectivity index (χ3n) is 4.94. The van der Waals surface area contributed by atoms with E-state index in [1.807, 2.05) is 24.7 Å². The van der Waals surface area contributed by atoms with Crippen LogP contribution in [0.15, 0.2) is 108 Å². The molecule has 3 aromatic carbocycles. The average molecular weight is 471 g/mol. The van der Waals surface area contributed by atoms with Crippen molar-refractivity contribution in [2.24, 2.45) is 0 Å². The van der Waals surface area contributed by atoms with Crippen molar-refractivity contribution in [2.45, 2.75) is 26.1 Å². The molecule has 0 fully saturated rings. The van der Waals surface area contributed by atoms with Crippen molar-refractivity contribution < 1.29 is 0 Å². The largest absolute Gasteiger partial charge is 0.303 e. The Bertz CT molecular complexity index is 1040. The molecule has 4 heteroatoms. The molecule has 0 atom stereocenters. The molecular formula is C27H28BBrN2. The first-order valence-electron chi connectivity index (χ1n) is 10.7. The second-order valence-electron chi connectivity index (χ2n) is 7.58. The number of hydrogen-bond acceptors (Lipinski definition) is 1. The summed E-state index contributed by atoms with van der Waals surface area (Å²) in [6, 6.07) is 29.3. The van der Waals surface area contributed by atoms with Gasteiger partial charge < -0.3 is 4.57 Å². The minimum absolute atomic E-state index is 0.483. The maximum absolute atomic E-state index is 4.19. The van der Waals surface area contributed by atoms with Crippen LogP contribution in [0.1, 0.15) is 36.6 Å². The van der Waals surface area contributed by atoms with Crippen LogP contribution in [-0.2, 0) is 0 Å². The number of rotatable bonds is 5. The van der Waals surface area contributed by atoms with Crippen molar-refractivity contribution in [2.75, 3.05) is 0 Å². The highest BCUT2D eigenvalue weighted by Gasteiger charge is 2.07. The molecule has 1 heterocycles. The third-order valence-corrected chi connectivity index (χ3v) is 5.47. The fourth-order valence-corrected chi connectivity index (χ4v) is 3.66. The third kappa shape index (κ3) is 6.32. The Balaban J connectivity index is 0.000000176. The summed E-state index contributed by atoms with van der Waals surface area (Å²) in [6.45, 7) is 4.35. The van der Waals surface area contributed by atoms with E-state index in [1.165, 1.54) is 22.4 Å². The van der Waals surface area contributed by atoms with E-state index in [-0.39, 0.29) is 0 Å². The van der Waals surface area contributed by atoms with Gasteiger partial charge in [0.1, 0.15) is 7.85 Å². The number of imidazole rings is 1. The van der Waals surface area contributed by atoms with Crippen LogP contribution in [0.5, 0.6) is 0 Å². The number of benzene rings is 3. The highest BCUT2D eigenvalue weighted by Crippen LogP contribution is 2.23. The molecule has 31 heavy (non-hydrogen) atoms. The summed E-state index contributed by atoms with van der Waals surface area (Å²) < 4.78 is 3.22. The first kappa shape index (κ1) is 22.8. The second-order valence-corrected chi connectivity index (χ2v) is 8.49. The van der Waals surface area contributed by atoms with E-state index in [0.29, 0.717) is 5.92 Å². The molecule has 0 bridgehead atoms. The number of aromatic nitrogens is 2. The molecule has 0 unspecified atom stereocenters. The zero-order chi connectivity index (χ0) is 22.1. The lowest BCUT2D eigenvalue weighted by Crippen LogP contribution is -1.99. The number of allylic oxidation sites excluding steroid dienone is 1. The van der Waals surface area contributed by atoms with Crippen molar-refractivity contribution in [3.05, 3.63) is 125 Å². The predicted molar refractivity (Wildman–Crippen MR) is 139 cm³/mol. The summed E-state index contributed by atoms with van der Waals surface area (Å²) in [4.78, 5) is 4.19. The van der Waals surface area contributed by atoms with Crippen LogP contribution in [0.3, 0.4) is 0 Å². The number of nitrogens with zero attached hydrogens (tertiary/aromatic N) is 2. The molecule has 156 valence electrons. The lowest BCUT2D eigenvalue weighted by atomic mass is 9.93. The van der Waals surface area contributed by atoms with E-state index in [2.05, 4.69) is 126 Å². The predicted octanol–water partition coefficient (Wildman–Crippen LogP) is 6.93. The number of hydrogen-bond donors (Lipinski definition) is 0. The second kappa shape index (κ2) is 11.5. The molecule has 0 aliphatic rings. The van der Waals surface area contributed by atoms with Gasteiger partial charge in [-0.3, -0.25) is 0 Å². The van der Waals surface area contributed by atoms with Gasteiger partial charge in [-0.25, -0.2) is 4.98 Å². The zero-order valence-electron chi connectivity index (χ0n) is 18.4. The van der Waals surface area contributed by atoms with Crippen LogP contribution < -0.4 is 0 Å². The van der Waals surface area contributed by atoms with Crippen LogP contribution >= 0.6 is 15.9 Å². The molecular weight excluding hydrogens is 443 g/mol. The van der Waals surface area contributed by atoms with Crippen molar-refractivity contribution in [1.29, 1.82) is 0 Å². The minimum Gasteiger partial charge on any atom is -0.303 e. The van der Waals surface area contributed by atoms with Crippen molar-refractivity contribution in [3.63, 3.8) is 0 Å². The summed E-state index contributed by atoms with van der Waals surface area (Å²) in [5.74, 6) is 0.483. The summed E-state index contributed by atoms with van der Waals surface area (Å²) >= 11 is 3.43. The molecule has 0 amide bonds. The Hall–Kier alpha value is -2.85. The van der Waals surface area contributed by atoms with Gasteiger partial charge in [-0.1, -0.05) is 103 Å². The Morgan fingerprint density at radius 2 is 1.45 bits per heavy atom. The standard InChI is InChI=1S/C15H15B.C12H13BrN2/c16-12-11-15(13-7-3-1-4-8-13)14-9-5-2-6-10-14;1-9(2)12-7-14-8-15(12)11-5-3-10(13)4-6-11/h1-11H,12,16H2;3-9H,1-2H3. The molecule has 4 rings (SSSR count). The highest BCUT2D eigenvalue weighted by molar-refractivity contribution is 9.10. The Labute approximate surface area is 195 Å². The van der Waals surface area contributed by atoms with Gasteiger partial charge in [0.2, 0.25) is 0 Å². The molecule has 0 spiro atoms. The molecule has 4 aromatic rings. The molecule has 0 radical (unpaired) electrons. The van der Waals surface area contributed by atoms with Crippen LogP contribution in [0, 0.1) is 0 Å². The smallest absolute Gasteiger partial charge is 0.106 e. The van der Waals surface area contributed by atoms with E-state index in [0.717, 1.165) is 16.5 Å². The molecule has 0 aliphatic carbocycles. The Morgan fingerprint density at radius 1 is 0.903 bits per heavy atom. The van der Waals surface area contributed by atoms with Gasteiger partial charge in [-0.05, 0) is 46.9 Å². The molecule has 0 aliphatic heterocycles. The topological polar surface area (TPSA) is 17.8 Å². The van der Waals surface area contributed by atoms with Crippen LogP contribution in [0.4, 0.5) is 0 Å². The van der Waals surface area contributed by atoms with Crippen LogP contribution in [-0.4, -0.2) is 17.4 Å². The fraction of sp³-hybridized carbons (Fsp3) is 0.148. The summed E-state index contributed by atoms with van der Waals surface area (Å²) in [6.07, 6.45) is 7.12. The highest BCUT2D eigenvalue weighted by atomic mass is 79.9. The first-order chi connectivity index (χ1) is 15.1. The van der Waals surface area contributed by atoms with Gasteiger partial charge in [0.15, 0.2) is 0 Å². The first-order valence-corrected chi connectivity index (χ1v) is 11.5. The molecule has 2 nitrogen and oxygen atoms in total. The monoisotopic (exact) mass is 470 g/mol. The quantitative estimate of drug-likeness (QED) is 0.289. The summed E-state index contributed by atoms with van der Waals surface area (Å²) in [5, 5.41) is 0. The van der Waals surface area contributed by atoms with E-state index >= 15 is 0 Å². The fourth-order valence-electron chi connectivity index (χ4n) is 3.39. The Kier molecular flexibility index (Phi) is 8.48. The van der Waals surface area contributed by atoms with Gasteiger partial charge in [-0.2, -0.15) is 0 Å².